The Morgan fingerprint density at radius 2 is 1.83 bits per heavy atom. The summed E-state index contributed by atoms with van der Waals surface area (Å²) < 4.78 is 39.0. The summed E-state index contributed by atoms with van der Waals surface area (Å²) in [6.45, 7) is 0.503. The van der Waals surface area contributed by atoms with Crippen molar-refractivity contribution in [1.29, 1.82) is 0 Å². The van der Waals surface area contributed by atoms with Gasteiger partial charge in [-0.1, -0.05) is 0 Å². The minimum Gasteiger partial charge on any atom is -0.338 e. The van der Waals surface area contributed by atoms with Crippen LogP contribution in [0.5, 0.6) is 0 Å². The number of likely N-dealkylation sites (tertiary alicyclic amines) is 1. The van der Waals surface area contributed by atoms with E-state index in [1.54, 1.807) is 12.1 Å². The zero-order chi connectivity index (χ0) is 21.5. The Balaban J connectivity index is 1.50. The molecule has 1 aliphatic rings. The molecule has 1 fully saturated rings. The third kappa shape index (κ3) is 3.58. The maximum absolute atomic E-state index is 12.7. The van der Waals surface area contributed by atoms with Crippen molar-refractivity contribution in [1.82, 2.24) is 24.4 Å². The van der Waals surface area contributed by atoms with Gasteiger partial charge in [-0.25, -0.2) is 9.78 Å². The highest BCUT2D eigenvalue weighted by atomic mass is 19.4. The van der Waals surface area contributed by atoms with Crippen molar-refractivity contribution in [2.24, 2.45) is 0 Å². The van der Waals surface area contributed by atoms with E-state index in [9.17, 15) is 27.6 Å². The van der Waals surface area contributed by atoms with Crippen LogP contribution in [-0.4, -0.2) is 43.4 Å². The zero-order valence-corrected chi connectivity index (χ0v) is 15.5. The smallest absolute Gasteiger partial charge is 0.338 e. The first kappa shape index (κ1) is 19.8. The minimum atomic E-state index is -4.57. The number of aromatic nitrogens is 4. The highest BCUT2D eigenvalue weighted by Crippen LogP contribution is 2.27. The average Bonchev–Trinajstić information content (AvgIpc) is 2.73. The number of H-pyrrole nitrogens is 1. The summed E-state index contributed by atoms with van der Waals surface area (Å²) in [6, 6.07) is 4.64. The SMILES string of the molecule is O=C(c1ccc(C(F)(F)F)nc1)N1CCC(n2c(=O)[nH]c3ncccc3c2=O)CC1. The van der Waals surface area contributed by atoms with E-state index in [0.717, 1.165) is 22.9 Å². The van der Waals surface area contributed by atoms with E-state index in [2.05, 4.69) is 15.0 Å². The molecule has 0 aliphatic carbocycles. The number of alkyl halides is 3. The fourth-order valence-corrected chi connectivity index (χ4v) is 3.59. The third-order valence-corrected chi connectivity index (χ3v) is 5.12. The standard InChI is InChI=1S/C19H16F3N5O3/c20-19(21,22)14-4-3-11(10-24-14)16(28)26-8-5-12(6-9-26)27-17(29)13-2-1-7-23-15(13)25-18(27)30/h1-4,7,10,12H,5-6,8-9H2,(H,23,25,30). The fraction of sp³-hybridized carbons (Fsp3) is 0.316. The van der Waals surface area contributed by atoms with Gasteiger partial charge in [-0.2, -0.15) is 13.2 Å². The first-order valence-electron chi connectivity index (χ1n) is 9.18. The molecule has 1 N–H and O–H groups in total. The lowest BCUT2D eigenvalue weighted by Crippen LogP contribution is -2.45. The Kier molecular flexibility index (Phi) is 4.88. The molecule has 0 unspecified atom stereocenters. The molecule has 1 aliphatic heterocycles. The van der Waals surface area contributed by atoms with E-state index in [4.69, 9.17) is 0 Å². The predicted molar refractivity (Wildman–Crippen MR) is 100 cm³/mol. The van der Waals surface area contributed by atoms with E-state index in [1.807, 2.05) is 0 Å². The molecular weight excluding hydrogens is 403 g/mol. The van der Waals surface area contributed by atoms with E-state index in [1.165, 1.54) is 11.1 Å². The fourth-order valence-electron chi connectivity index (χ4n) is 3.59. The second-order valence-corrected chi connectivity index (χ2v) is 6.96. The van der Waals surface area contributed by atoms with Crippen LogP contribution in [0.4, 0.5) is 13.2 Å². The molecule has 1 saturated heterocycles. The summed E-state index contributed by atoms with van der Waals surface area (Å²) in [7, 11) is 0. The molecule has 3 aromatic rings. The minimum absolute atomic E-state index is 0.0493. The monoisotopic (exact) mass is 419 g/mol. The number of aromatic amines is 1. The first-order chi connectivity index (χ1) is 14.3. The van der Waals surface area contributed by atoms with Crippen LogP contribution in [-0.2, 0) is 6.18 Å². The highest BCUT2D eigenvalue weighted by Gasteiger charge is 2.33. The summed E-state index contributed by atoms with van der Waals surface area (Å²) >= 11 is 0. The van der Waals surface area contributed by atoms with Gasteiger partial charge in [0.05, 0.1) is 10.9 Å². The van der Waals surface area contributed by atoms with Crippen LogP contribution >= 0.6 is 0 Å². The van der Waals surface area contributed by atoms with Gasteiger partial charge in [-0.05, 0) is 37.1 Å². The van der Waals surface area contributed by atoms with Gasteiger partial charge in [0.1, 0.15) is 11.3 Å². The molecule has 4 heterocycles. The molecule has 11 heteroatoms. The molecule has 4 rings (SSSR count). The van der Waals surface area contributed by atoms with Gasteiger partial charge in [0.2, 0.25) is 0 Å². The molecule has 1 amide bonds. The maximum Gasteiger partial charge on any atom is 0.433 e. The van der Waals surface area contributed by atoms with E-state index < -0.39 is 35.1 Å². The lowest BCUT2D eigenvalue weighted by Gasteiger charge is -2.32. The Morgan fingerprint density at radius 3 is 2.47 bits per heavy atom. The van der Waals surface area contributed by atoms with E-state index in [-0.39, 0.29) is 24.3 Å². The van der Waals surface area contributed by atoms with Crippen molar-refractivity contribution >= 4 is 16.9 Å². The van der Waals surface area contributed by atoms with Crippen LogP contribution in [0.25, 0.3) is 11.0 Å². The highest BCUT2D eigenvalue weighted by molar-refractivity contribution is 5.94. The quantitative estimate of drug-likeness (QED) is 0.685. The molecule has 8 nitrogen and oxygen atoms in total. The van der Waals surface area contributed by atoms with Gasteiger partial charge in [0.25, 0.3) is 11.5 Å². The number of amides is 1. The number of pyridine rings is 2. The first-order valence-corrected chi connectivity index (χ1v) is 9.18. The van der Waals surface area contributed by atoms with Crippen molar-refractivity contribution in [3.05, 3.63) is 68.8 Å². The molecule has 0 bridgehead atoms. The number of carbonyl (C=O) groups is 1. The van der Waals surface area contributed by atoms with E-state index >= 15 is 0 Å². The summed E-state index contributed by atoms with van der Waals surface area (Å²) in [5.41, 5.74) is -1.82. The largest absolute Gasteiger partial charge is 0.433 e. The molecular formula is C19H16F3N5O3. The van der Waals surface area contributed by atoms with E-state index in [0.29, 0.717) is 18.2 Å². The molecule has 0 atom stereocenters. The van der Waals surface area contributed by atoms with Crippen molar-refractivity contribution in [2.75, 3.05) is 13.1 Å². The van der Waals surface area contributed by atoms with Gasteiger partial charge in [0.15, 0.2) is 0 Å². The second kappa shape index (κ2) is 7.39. The van der Waals surface area contributed by atoms with Crippen LogP contribution in [0, 0.1) is 0 Å². The van der Waals surface area contributed by atoms with Crippen LogP contribution < -0.4 is 11.2 Å². The number of rotatable bonds is 2. The summed E-state index contributed by atoms with van der Waals surface area (Å²) in [5.74, 6) is -0.446. The molecule has 30 heavy (non-hydrogen) atoms. The lowest BCUT2D eigenvalue weighted by molar-refractivity contribution is -0.141. The third-order valence-electron chi connectivity index (χ3n) is 5.12. The van der Waals surface area contributed by atoms with Crippen molar-refractivity contribution in [3.63, 3.8) is 0 Å². The number of nitrogens with one attached hydrogen (secondary N) is 1. The number of fused-ring (bicyclic) bond motifs is 1. The number of nitrogens with zero attached hydrogens (tertiary/aromatic N) is 4. The van der Waals surface area contributed by atoms with Gasteiger partial charge in [-0.3, -0.25) is 24.1 Å². The zero-order valence-electron chi connectivity index (χ0n) is 15.5. The maximum atomic E-state index is 12.7. The van der Waals surface area contributed by atoms with Crippen molar-refractivity contribution in [3.8, 4) is 0 Å². The number of halogens is 3. The molecule has 3 aromatic heterocycles. The predicted octanol–water partition coefficient (Wildman–Crippen LogP) is 1.98. The number of hydrogen-bond donors (Lipinski definition) is 1. The molecule has 0 spiro atoms. The number of hydrogen-bond acceptors (Lipinski definition) is 5. The van der Waals surface area contributed by atoms with Crippen LogP contribution in [0.3, 0.4) is 0 Å². The Bertz CT molecular complexity index is 1210. The Hall–Kier alpha value is -3.50. The summed E-state index contributed by atoms with van der Waals surface area (Å²) in [4.78, 5) is 49.0. The van der Waals surface area contributed by atoms with Gasteiger partial charge in [0, 0.05) is 31.5 Å². The molecule has 0 saturated carbocycles. The summed E-state index contributed by atoms with van der Waals surface area (Å²) in [5, 5.41) is 0.298. The van der Waals surface area contributed by atoms with Crippen LogP contribution in [0.15, 0.2) is 46.2 Å². The van der Waals surface area contributed by atoms with Crippen LogP contribution in [0.1, 0.15) is 34.9 Å². The molecule has 156 valence electrons. The number of carbonyl (C=O) groups excluding carboxylic acids is 1. The van der Waals surface area contributed by atoms with Crippen LogP contribution in [0.2, 0.25) is 0 Å². The second-order valence-electron chi connectivity index (χ2n) is 6.96. The average molecular weight is 419 g/mol. The van der Waals surface area contributed by atoms with Crippen molar-refractivity contribution in [2.45, 2.75) is 25.1 Å². The Labute approximate surface area is 167 Å². The molecule has 0 radical (unpaired) electrons. The normalized spacial score (nSPS) is 15.5. The summed E-state index contributed by atoms with van der Waals surface area (Å²) in [6.07, 6.45) is -1.48. The van der Waals surface area contributed by atoms with Gasteiger partial charge in [-0.15, -0.1) is 0 Å². The number of piperidine rings is 1. The Morgan fingerprint density at radius 1 is 1.10 bits per heavy atom. The topological polar surface area (TPSA) is 101 Å². The van der Waals surface area contributed by atoms with Gasteiger partial charge < -0.3 is 4.90 Å². The lowest BCUT2D eigenvalue weighted by atomic mass is 10.0. The molecule has 0 aromatic carbocycles. The van der Waals surface area contributed by atoms with Crippen molar-refractivity contribution < 1.29 is 18.0 Å². The van der Waals surface area contributed by atoms with Gasteiger partial charge >= 0.3 is 11.9 Å².